The smallest absolute Gasteiger partial charge is 0.188 e. The highest BCUT2D eigenvalue weighted by Crippen LogP contribution is 2.46. The van der Waals surface area contributed by atoms with Crippen molar-refractivity contribution in [2.75, 3.05) is 0 Å². The first-order chi connectivity index (χ1) is 13.8. The van der Waals surface area contributed by atoms with E-state index in [2.05, 4.69) is 124 Å². The van der Waals surface area contributed by atoms with Gasteiger partial charge >= 0.3 is 0 Å². The van der Waals surface area contributed by atoms with Gasteiger partial charge in [-0.15, -0.1) is 0 Å². The second-order valence-electron chi connectivity index (χ2n) is 8.89. The van der Waals surface area contributed by atoms with Crippen LogP contribution in [0, 0.1) is 0 Å². The molecule has 0 saturated carbocycles. The molecule has 29 heavy (non-hydrogen) atoms. The van der Waals surface area contributed by atoms with E-state index in [0.717, 1.165) is 12.8 Å². The molecule has 0 aromatic heterocycles. The summed E-state index contributed by atoms with van der Waals surface area (Å²) in [7, 11) is -2.23. The molecule has 3 heteroatoms. The van der Waals surface area contributed by atoms with Crippen LogP contribution in [0.5, 0.6) is 0 Å². The first kappa shape index (κ1) is 21.8. The standard InChI is InChI=1S/C26H33OPSi/c1-26(2,29(3,4)27)21-14-22-28(23-15-8-5-9-16-23,24-17-10-6-11-18-24)25-19-12-7-13-20-25/h5-13,15-20,22,27H,14,21H2,1-4H3. The summed E-state index contributed by atoms with van der Waals surface area (Å²) in [5.41, 5.74) is 0. The van der Waals surface area contributed by atoms with Crippen molar-refractivity contribution in [3.63, 3.8) is 0 Å². The lowest BCUT2D eigenvalue weighted by Gasteiger charge is -2.35. The number of hydrogen-bond acceptors (Lipinski definition) is 1. The molecule has 0 aliphatic rings. The third kappa shape index (κ3) is 4.66. The van der Waals surface area contributed by atoms with E-state index in [1.165, 1.54) is 15.9 Å². The van der Waals surface area contributed by atoms with Crippen molar-refractivity contribution in [3.05, 3.63) is 91.0 Å². The summed E-state index contributed by atoms with van der Waals surface area (Å²) in [6.07, 6.45) is 1.98. The van der Waals surface area contributed by atoms with E-state index >= 15 is 0 Å². The summed E-state index contributed by atoms with van der Waals surface area (Å²) >= 11 is 0. The molecule has 0 saturated heterocycles. The van der Waals surface area contributed by atoms with Crippen molar-refractivity contribution >= 4 is 36.9 Å². The van der Waals surface area contributed by atoms with Crippen LogP contribution in [-0.2, 0) is 0 Å². The Morgan fingerprint density at radius 1 is 0.724 bits per heavy atom. The zero-order valence-corrected chi connectivity index (χ0v) is 19.9. The number of rotatable bonds is 7. The molecule has 1 nitrogen and oxygen atoms in total. The van der Waals surface area contributed by atoms with Gasteiger partial charge in [0.1, 0.15) is 0 Å². The molecule has 0 fully saturated rings. The molecule has 1 N–H and O–H groups in total. The second-order valence-corrected chi connectivity index (χ2v) is 16.7. The summed E-state index contributed by atoms with van der Waals surface area (Å²) in [4.78, 5) is 10.8. The van der Waals surface area contributed by atoms with Crippen LogP contribution in [0.25, 0.3) is 0 Å². The van der Waals surface area contributed by atoms with Crippen molar-refractivity contribution in [2.45, 2.75) is 44.8 Å². The molecule has 0 atom stereocenters. The zero-order valence-electron chi connectivity index (χ0n) is 18.0. The van der Waals surface area contributed by atoms with E-state index in [-0.39, 0.29) is 5.04 Å². The van der Waals surface area contributed by atoms with Crippen molar-refractivity contribution < 1.29 is 4.80 Å². The lowest BCUT2D eigenvalue weighted by atomic mass is 10.1. The van der Waals surface area contributed by atoms with Crippen LogP contribution in [0.2, 0.25) is 18.1 Å². The summed E-state index contributed by atoms with van der Waals surface area (Å²) in [6, 6.07) is 32.9. The van der Waals surface area contributed by atoms with Crippen LogP contribution >= 0.6 is 6.89 Å². The predicted molar refractivity (Wildman–Crippen MR) is 134 cm³/mol. The molecular formula is C26H33OPSi. The van der Waals surface area contributed by atoms with Crippen LogP contribution in [0.4, 0.5) is 0 Å². The molecule has 0 radical (unpaired) electrons. The third-order valence-corrected chi connectivity index (χ3v) is 14.0. The van der Waals surface area contributed by atoms with Gasteiger partial charge in [0, 0.05) is 0 Å². The van der Waals surface area contributed by atoms with Crippen molar-refractivity contribution in [2.24, 2.45) is 0 Å². The topological polar surface area (TPSA) is 20.2 Å². The van der Waals surface area contributed by atoms with Gasteiger partial charge in [-0.25, -0.2) is 0 Å². The van der Waals surface area contributed by atoms with E-state index in [4.69, 9.17) is 0 Å². The van der Waals surface area contributed by atoms with Gasteiger partial charge in [0.05, 0.1) is 0 Å². The molecule has 3 aromatic carbocycles. The fraction of sp³-hybridized carbons (Fsp3) is 0.269. The lowest BCUT2D eigenvalue weighted by Crippen LogP contribution is -2.39. The molecule has 152 valence electrons. The molecule has 3 rings (SSSR count). The summed E-state index contributed by atoms with van der Waals surface area (Å²) in [6.45, 7) is 6.68. The maximum atomic E-state index is 10.8. The quantitative estimate of drug-likeness (QED) is 0.393. The first-order valence-corrected chi connectivity index (χ1v) is 15.2. The van der Waals surface area contributed by atoms with Crippen LogP contribution in [-0.4, -0.2) is 18.9 Å². The number of benzene rings is 3. The van der Waals surface area contributed by atoms with Crippen LogP contribution < -0.4 is 15.9 Å². The first-order valence-electron chi connectivity index (χ1n) is 10.4. The molecule has 0 aliphatic carbocycles. The molecule has 0 heterocycles. The average Bonchev–Trinajstić information content (AvgIpc) is 2.72. The second kappa shape index (κ2) is 8.88. The van der Waals surface area contributed by atoms with E-state index in [9.17, 15) is 4.80 Å². The molecule has 0 bridgehead atoms. The van der Waals surface area contributed by atoms with Gasteiger partial charge in [-0.2, -0.15) is 0 Å². The van der Waals surface area contributed by atoms with Crippen LogP contribution in [0.1, 0.15) is 26.7 Å². The minimum absolute atomic E-state index is 0.0246. The molecular weight excluding hydrogens is 387 g/mol. The summed E-state index contributed by atoms with van der Waals surface area (Å²) in [5, 5.41) is 4.13. The Morgan fingerprint density at radius 2 is 1.07 bits per heavy atom. The monoisotopic (exact) mass is 420 g/mol. The van der Waals surface area contributed by atoms with Gasteiger partial charge in [-0.1, -0.05) is 111 Å². The van der Waals surface area contributed by atoms with Crippen molar-refractivity contribution in [1.82, 2.24) is 0 Å². The molecule has 0 aliphatic heterocycles. The fourth-order valence-corrected chi connectivity index (χ4v) is 8.40. The van der Waals surface area contributed by atoms with Gasteiger partial charge in [-0.3, -0.25) is 0 Å². The maximum absolute atomic E-state index is 10.8. The normalized spacial score (nSPS) is 12.6. The Hall–Kier alpha value is -1.86. The molecule has 0 spiro atoms. The third-order valence-electron chi connectivity index (χ3n) is 6.32. The molecule has 0 amide bonds. The van der Waals surface area contributed by atoms with Gasteiger partial charge in [-0.05, 0) is 53.8 Å². The molecule has 3 aromatic rings. The largest absolute Gasteiger partial charge is 0.432 e. The van der Waals surface area contributed by atoms with E-state index in [1.54, 1.807) is 0 Å². The van der Waals surface area contributed by atoms with Gasteiger partial charge in [0.2, 0.25) is 0 Å². The van der Waals surface area contributed by atoms with Crippen molar-refractivity contribution in [1.29, 1.82) is 0 Å². The van der Waals surface area contributed by atoms with Crippen LogP contribution in [0.3, 0.4) is 0 Å². The Kier molecular flexibility index (Phi) is 6.68. The number of hydrogen-bond donors (Lipinski definition) is 1. The average molecular weight is 421 g/mol. The van der Waals surface area contributed by atoms with E-state index in [0.29, 0.717) is 0 Å². The summed E-state index contributed by atoms with van der Waals surface area (Å²) in [5.74, 6) is 2.58. The van der Waals surface area contributed by atoms with Gasteiger partial charge in [0.25, 0.3) is 0 Å². The minimum Gasteiger partial charge on any atom is -0.432 e. The molecule has 0 unspecified atom stereocenters. The van der Waals surface area contributed by atoms with E-state index in [1.807, 2.05) is 0 Å². The highest BCUT2D eigenvalue weighted by molar-refractivity contribution is 7.94. The van der Waals surface area contributed by atoms with Crippen LogP contribution in [0.15, 0.2) is 91.0 Å². The SMILES string of the molecule is CC(C)(CCC=P(c1ccccc1)(c1ccccc1)c1ccccc1)[Si](C)(C)O. The Labute approximate surface area is 177 Å². The summed E-state index contributed by atoms with van der Waals surface area (Å²) < 4.78 is 0. The highest BCUT2D eigenvalue weighted by atomic mass is 31.2. The Bertz CT molecular complexity index is 854. The van der Waals surface area contributed by atoms with Gasteiger partial charge < -0.3 is 4.80 Å². The maximum Gasteiger partial charge on any atom is 0.188 e. The van der Waals surface area contributed by atoms with E-state index < -0.39 is 15.2 Å². The van der Waals surface area contributed by atoms with Crippen molar-refractivity contribution in [3.8, 4) is 0 Å². The Morgan fingerprint density at radius 3 is 1.38 bits per heavy atom. The minimum atomic E-state index is -2.23. The highest BCUT2D eigenvalue weighted by Gasteiger charge is 2.37. The predicted octanol–water partition coefficient (Wildman–Crippen LogP) is 5.54. The Balaban J connectivity index is 2.20. The zero-order chi connectivity index (χ0) is 21.0. The fourth-order valence-electron chi connectivity index (χ4n) is 3.68. The van der Waals surface area contributed by atoms with Gasteiger partial charge in [0.15, 0.2) is 8.32 Å². The lowest BCUT2D eigenvalue weighted by molar-refractivity contribution is 0.457.